The molecule has 1 saturated carbocycles. The van der Waals surface area contributed by atoms with Crippen molar-refractivity contribution in [3.63, 3.8) is 0 Å². The third kappa shape index (κ3) is 2.54. The Labute approximate surface area is 95.6 Å². The van der Waals surface area contributed by atoms with Crippen molar-refractivity contribution >= 4 is 11.9 Å². The standard InChI is InChI=1S/C12H19NO3/c1-8(14)13-4-2-9(3-5-13)6-10-7-11(10)12(15)16/h9-11H,2-7H2,1H3,(H,15,16)/t10-,11-/m1/s1. The third-order valence-corrected chi connectivity index (χ3v) is 3.94. The second-order valence-electron chi connectivity index (χ2n) is 5.13. The van der Waals surface area contributed by atoms with Gasteiger partial charge in [0.1, 0.15) is 0 Å². The Bertz CT molecular complexity index is 295. The molecule has 1 heterocycles. The summed E-state index contributed by atoms with van der Waals surface area (Å²) in [6, 6.07) is 0. The van der Waals surface area contributed by atoms with E-state index in [0.29, 0.717) is 11.8 Å². The SMILES string of the molecule is CC(=O)N1CCC(C[C@@H]2C[C@H]2C(=O)O)CC1. The van der Waals surface area contributed by atoms with Crippen LogP contribution in [0, 0.1) is 17.8 Å². The number of carbonyl (C=O) groups is 2. The topological polar surface area (TPSA) is 57.6 Å². The number of carbonyl (C=O) groups excluding carboxylic acids is 1. The van der Waals surface area contributed by atoms with Crippen LogP contribution in [0.1, 0.15) is 32.6 Å². The number of likely N-dealkylation sites (tertiary alicyclic amines) is 1. The first-order valence-electron chi connectivity index (χ1n) is 6.06. The van der Waals surface area contributed by atoms with E-state index in [9.17, 15) is 9.59 Å². The molecule has 1 N–H and O–H groups in total. The van der Waals surface area contributed by atoms with Crippen LogP contribution in [0.15, 0.2) is 0 Å². The molecule has 0 aromatic heterocycles. The second kappa shape index (κ2) is 4.44. The lowest BCUT2D eigenvalue weighted by Gasteiger charge is -2.31. The van der Waals surface area contributed by atoms with Crippen molar-refractivity contribution < 1.29 is 14.7 Å². The predicted molar refractivity (Wildman–Crippen MR) is 58.8 cm³/mol. The van der Waals surface area contributed by atoms with Crippen LogP contribution >= 0.6 is 0 Å². The maximum absolute atomic E-state index is 11.1. The Morgan fingerprint density at radius 2 is 1.94 bits per heavy atom. The zero-order valence-electron chi connectivity index (χ0n) is 9.69. The average molecular weight is 225 g/mol. The molecular weight excluding hydrogens is 206 g/mol. The van der Waals surface area contributed by atoms with Gasteiger partial charge in [0.05, 0.1) is 5.92 Å². The van der Waals surface area contributed by atoms with Crippen molar-refractivity contribution in [2.75, 3.05) is 13.1 Å². The lowest BCUT2D eigenvalue weighted by Crippen LogP contribution is -2.37. The van der Waals surface area contributed by atoms with E-state index >= 15 is 0 Å². The second-order valence-corrected chi connectivity index (χ2v) is 5.13. The summed E-state index contributed by atoms with van der Waals surface area (Å²) in [5.74, 6) is 0.488. The normalized spacial score (nSPS) is 30.2. The van der Waals surface area contributed by atoms with Crippen LogP contribution in [-0.2, 0) is 9.59 Å². The van der Waals surface area contributed by atoms with Crippen molar-refractivity contribution in [3.05, 3.63) is 0 Å². The first-order chi connectivity index (χ1) is 7.58. The van der Waals surface area contributed by atoms with E-state index in [1.807, 2.05) is 4.90 Å². The minimum atomic E-state index is -0.633. The predicted octanol–water partition coefficient (Wildman–Crippen LogP) is 1.36. The van der Waals surface area contributed by atoms with E-state index in [0.717, 1.165) is 38.8 Å². The first kappa shape index (κ1) is 11.4. The van der Waals surface area contributed by atoms with Gasteiger partial charge in [0.25, 0.3) is 0 Å². The van der Waals surface area contributed by atoms with Crippen LogP contribution in [0.4, 0.5) is 0 Å². The van der Waals surface area contributed by atoms with Gasteiger partial charge in [-0.2, -0.15) is 0 Å². The molecule has 0 unspecified atom stereocenters. The summed E-state index contributed by atoms with van der Waals surface area (Å²) < 4.78 is 0. The quantitative estimate of drug-likeness (QED) is 0.789. The monoisotopic (exact) mass is 225 g/mol. The molecule has 2 atom stereocenters. The number of amides is 1. The van der Waals surface area contributed by atoms with Crippen molar-refractivity contribution in [3.8, 4) is 0 Å². The maximum Gasteiger partial charge on any atom is 0.306 e. The fourth-order valence-corrected chi connectivity index (χ4v) is 2.72. The zero-order valence-corrected chi connectivity index (χ0v) is 9.69. The molecule has 0 aromatic carbocycles. The maximum atomic E-state index is 11.1. The lowest BCUT2D eigenvalue weighted by molar-refractivity contribution is -0.138. The van der Waals surface area contributed by atoms with Crippen molar-refractivity contribution in [2.45, 2.75) is 32.6 Å². The number of carboxylic acids is 1. The number of nitrogens with zero attached hydrogens (tertiary/aromatic N) is 1. The van der Waals surface area contributed by atoms with Gasteiger partial charge in [0.15, 0.2) is 0 Å². The molecule has 2 rings (SSSR count). The summed E-state index contributed by atoms with van der Waals surface area (Å²) in [5, 5.41) is 8.82. The smallest absolute Gasteiger partial charge is 0.306 e. The number of hydrogen-bond donors (Lipinski definition) is 1. The number of aliphatic carboxylic acids is 1. The van der Waals surface area contributed by atoms with Gasteiger partial charge in [-0.1, -0.05) is 0 Å². The van der Waals surface area contributed by atoms with Crippen molar-refractivity contribution in [2.24, 2.45) is 17.8 Å². The van der Waals surface area contributed by atoms with E-state index in [1.54, 1.807) is 6.92 Å². The van der Waals surface area contributed by atoms with E-state index < -0.39 is 5.97 Å². The van der Waals surface area contributed by atoms with Crippen molar-refractivity contribution in [1.82, 2.24) is 4.90 Å². The molecule has 1 aliphatic heterocycles. The molecule has 2 fully saturated rings. The highest BCUT2D eigenvalue weighted by molar-refractivity contribution is 5.73. The van der Waals surface area contributed by atoms with Crippen molar-refractivity contribution in [1.29, 1.82) is 0 Å². The Morgan fingerprint density at radius 1 is 1.31 bits per heavy atom. The fraction of sp³-hybridized carbons (Fsp3) is 0.833. The van der Waals surface area contributed by atoms with Gasteiger partial charge in [-0.25, -0.2) is 0 Å². The Morgan fingerprint density at radius 3 is 2.38 bits per heavy atom. The lowest BCUT2D eigenvalue weighted by atomic mass is 9.91. The highest BCUT2D eigenvalue weighted by Crippen LogP contribution is 2.44. The molecule has 4 heteroatoms. The first-order valence-corrected chi connectivity index (χ1v) is 6.06. The molecule has 16 heavy (non-hydrogen) atoms. The third-order valence-electron chi connectivity index (χ3n) is 3.94. The molecule has 0 aromatic rings. The Kier molecular flexibility index (Phi) is 3.17. The summed E-state index contributed by atoms with van der Waals surface area (Å²) >= 11 is 0. The van der Waals surface area contributed by atoms with E-state index in [2.05, 4.69) is 0 Å². The summed E-state index contributed by atoms with van der Waals surface area (Å²) in [6.45, 7) is 3.32. The Hall–Kier alpha value is -1.06. The summed E-state index contributed by atoms with van der Waals surface area (Å²) in [5.41, 5.74) is 0. The molecule has 0 spiro atoms. The molecule has 1 aliphatic carbocycles. The van der Waals surface area contributed by atoms with Gasteiger partial charge >= 0.3 is 5.97 Å². The summed E-state index contributed by atoms with van der Waals surface area (Å²) in [7, 11) is 0. The van der Waals surface area contributed by atoms with E-state index in [4.69, 9.17) is 5.11 Å². The van der Waals surface area contributed by atoms with Gasteiger partial charge < -0.3 is 10.0 Å². The molecular formula is C12H19NO3. The van der Waals surface area contributed by atoms with Gasteiger partial charge in [-0.3, -0.25) is 9.59 Å². The minimum absolute atomic E-state index is 0.0779. The summed E-state index contributed by atoms with van der Waals surface area (Å²) in [4.78, 5) is 23.7. The van der Waals surface area contributed by atoms with Crippen LogP contribution in [0.2, 0.25) is 0 Å². The van der Waals surface area contributed by atoms with Crippen LogP contribution < -0.4 is 0 Å². The highest BCUT2D eigenvalue weighted by Gasteiger charge is 2.44. The number of piperidine rings is 1. The molecule has 1 saturated heterocycles. The fourth-order valence-electron chi connectivity index (χ4n) is 2.72. The molecule has 1 amide bonds. The average Bonchev–Trinajstić information content (AvgIpc) is 2.98. The molecule has 90 valence electrons. The molecule has 4 nitrogen and oxygen atoms in total. The van der Waals surface area contributed by atoms with Crippen LogP contribution in [0.25, 0.3) is 0 Å². The van der Waals surface area contributed by atoms with Crippen LogP contribution in [0.5, 0.6) is 0 Å². The van der Waals surface area contributed by atoms with Crippen LogP contribution in [-0.4, -0.2) is 35.0 Å². The van der Waals surface area contributed by atoms with Gasteiger partial charge in [0.2, 0.25) is 5.91 Å². The van der Waals surface area contributed by atoms with Gasteiger partial charge in [-0.05, 0) is 37.5 Å². The largest absolute Gasteiger partial charge is 0.481 e. The van der Waals surface area contributed by atoms with Crippen LogP contribution in [0.3, 0.4) is 0 Å². The molecule has 0 radical (unpaired) electrons. The number of rotatable bonds is 3. The Balaban J connectivity index is 1.70. The van der Waals surface area contributed by atoms with Gasteiger partial charge in [0, 0.05) is 20.0 Å². The van der Waals surface area contributed by atoms with E-state index in [-0.39, 0.29) is 11.8 Å². The highest BCUT2D eigenvalue weighted by atomic mass is 16.4. The van der Waals surface area contributed by atoms with E-state index in [1.165, 1.54) is 0 Å². The molecule has 2 aliphatic rings. The number of hydrogen-bond acceptors (Lipinski definition) is 2. The number of carboxylic acid groups (broad SMARTS) is 1. The minimum Gasteiger partial charge on any atom is -0.481 e. The summed E-state index contributed by atoms with van der Waals surface area (Å²) in [6.07, 6.45) is 4.00. The zero-order chi connectivity index (χ0) is 11.7. The van der Waals surface area contributed by atoms with Gasteiger partial charge in [-0.15, -0.1) is 0 Å². The molecule has 0 bridgehead atoms.